The van der Waals surface area contributed by atoms with Gasteiger partial charge in [-0.25, -0.2) is 0 Å². The predicted molar refractivity (Wildman–Crippen MR) is 90.0 cm³/mol. The summed E-state index contributed by atoms with van der Waals surface area (Å²) < 4.78 is 0. The summed E-state index contributed by atoms with van der Waals surface area (Å²) in [5.41, 5.74) is 9.08. The minimum absolute atomic E-state index is 0.0488. The minimum Gasteiger partial charge on any atom is -0.360 e. The molecule has 8 heteroatoms. The Kier molecular flexibility index (Phi) is 5.50. The Morgan fingerprint density at radius 2 is 1.84 bits per heavy atom. The van der Waals surface area contributed by atoms with E-state index in [1.807, 2.05) is 0 Å². The third-order valence-electron chi connectivity index (χ3n) is 3.42. The van der Waals surface area contributed by atoms with Gasteiger partial charge in [0, 0.05) is 19.1 Å². The molecule has 2 aromatic carbocycles. The van der Waals surface area contributed by atoms with Crippen molar-refractivity contribution in [3.05, 3.63) is 75.8 Å². The zero-order valence-electron chi connectivity index (χ0n) is 13.3. The van der Waals surface area contributed by atoms with Gasteiger partial charge >= 0.3 is 11.6 Å². The lowest BCUT2D eigenvalue weighted by atomic mass is 10.1. The number of nitro groups is 1. The summed E-state index contributed by atoms with van der Waals surface area (Å²) in [5.74, 6) is -1.56. The fraction of sp³-hybridized carbons (Fsp3) is 0.118. The van der Waals surface area contributed by atoms with Crippen LogP contribution in [0.25, 0.3) is 5.53 Å². The molecule has 1 amide bonds. The van der Waals surface area contributed by atoms with Crippen LogP contribution in [0.15, 0.2) is 54.6 Å². The summed E-state index contributed by atoms with van der Waals surface area (Å²) in [6.45, 7) is 1.15. The van der Waals surface area contributed by atoms with Crippen molar-refractivity contribution >= 4 is 28.8 Å². The first-order valence-electron chi connectivity index (χ1n) is 7.27. The zero-order valence-corrected chi connectivity index (χ0v) is 13.3. The Balaban J connectivity index is 2.50. The first-order chi connectivity index (χ1) is 11.9. The highest BCUT2D eigenvalue weighted by Gasteiger charge is 2.32. The molecule has 0 heterocycles. The highest BCUT2D eigenvalue weighted by atomic mass is 16.6. The van der Waals surface area contributed by atoms with Crippen LogP contribution in [0.5, 0.6) is 0 Å². The van der Waals surface area contributed by atoms with Crippen LogP contribution in [0.1, 0.15) is 12.5 Å². The van der Waals surface area contributed by atoms with E-state index in [-0.39, 0.29) is 17.9 Å². The molecule has 0 bridgehead atoms. The van der Waals surface area contributed by atoms with E-state index in [4.69, 9.17) is 5.53 Å². The molecule has 0 N–H and O–H groups in total. The lowest BCUT2D eigenvalue weighted by Crippen LogP contribution is -2.39. The van der Waals surface area contributed by atoms with Crippen molar-refractivity contribution in [3.63, 3.8) is 0 Å². The van der Waals surface area contributed by atoms with Gasteiger partial charge in [0.15, 0.2) is 0 Å². The number of non-ortho nitro benzene ring substituents is 1. The highest BCUT2D eigenvalue weighted by molar-refractivity contribution is 6.65. The van der Waals surface area contributed by atoms with Gasteiger partial charge in [0.25, 0.3) is 5.69 Å². The molecule has 0 aliphatic rings. The number of nitro benzene ring substituents is 1. The monoisotopic (exact) mass is 338 g/mol. The van der Waals surface area contributed by atoms with Gasteiger partial charge in [-0.05, 0) is 11.6 Å². The number of carbonyl (C=O) groups excluding carboxylic acids is 2. The Morgan fingerprint density at radius 3 is 2.40 bits per heavy atom. The maximum Gasteiger partial charge on any atom is 0.421 e. The van der Waals surface area contributed by atoms with Crippen LogP contribution < -0.4 is 4.90 Å². The molecule has 25 heavy (non-hydrogen) atoms. The van der Waals surface area contributed by atoms with Crippen molar-refractivity contribution in [1.82, 2.24) is 0 Å². The predicted octanol–water partition coefficient (Wildman–Crippen LogP) is 2.39. The fourth-order valence-electron chi connectivity index (χ4n) is 2.21. The molecule has 8 nitrogen and oxygen atoms in total. The minimum atomic E-state index is -0.848. The average molecular weight is 338 g/mol. The van der Waals surface area contributed by atoms with Crippen molar-refractivity contribution in [2.75, 3.05) is 4.90 Å². The molecule has 0 radical (unpaired) electrons. The van der Waals surface area contributed by atoms with Gasteiger partial charge in [-0.2, -0.15) is 4.79 Å². The highest BCUT2D eigenvalue weighted by Crippen LogP contribution is 2.23. The number of amides is 1. The van der Waals surface area contributed by atoms with Crippen LogP contribution in [-0.2, 0) is 16.1 Å². The van der Waals surface area contributed by atoms with Gasteiger partial charge in [0.1, 0.15) is 0 Å². The van der Waals surface area contributed by atoms with E-state index in [9.17, 15) is 19.7 Å². The largest absolute Gasteiger partial charge is 0.421 e. The number of carbonyl (C=O) groups is 2. The van der Waals surface area contributed by atoms with Crippen LogP contribution in [0.4, 0.5) is 11.4 Å². The Hall–Kier alpha value is -3.64. The Bertz CT molecular complexity index is 873. The molecule has 0 fully saturated rings. The SMILES string of the molecule is CC(=O)C(=[N+]=[N-])C(=O)N(Cc1ccccc1)c1cccc([N+](=O)[O-])c1. The van der Waals surface area contributed by atoms with E-state index in [0.29, 0.717) is 0 Å². The molecule has 0 saturated heterocycles. The molecule has 0 saturated carbocycles. The lowest BCUT2D eigenvalue weighted by molar-refractivity contribution is -0.384. The summed E-state index contributed by atoms with van der Waals surface area (Å²) in [6, 6.07) is 14.3. The third-order valence-corrected chi connectivity index (χ3v) is 3.42. The second-order valence-electron chi connectivity index (χ2n) is 5.16. The summed E-state index contributed by atoms with van der Waals surface area (Å²) in [5, 5.41) is 11.0. The van der Waals surface area contributed by atoms with Crippen molar-refractivity contribution in [2.24, 2.45) is 0 Å². The molecule has 0 spiro atoms. The molecular weight excluding hydrogens is 324 g/mol. The number of hydrogen-bond acceptors (Lipinski definition) is 4. The van der Waals surface area contributed by atoms with E-state index >= 15 is 0 Å². The van der Waals surface area contributed by atoms with E-state index in [1.165, 1.54) is 24.3 Å². The quantitative estimate of drug-likeness (QED) is 0.201. The maximum absolute atomic E-state index is 12.6. The number of ketones is 1. The van der Waals surface area contributed by atoms with Crippen LogP contribution in [-0.4, -0.2) is 27.1 Å². The van der Waals surface area contributed by atoms with Gasteiger partial charge in [0.2, 0.25) is 5.78 Å². The molecular formula is C17H14N4O4. The number of benzene rings is 2. The van der Waals surface area contributed by atoms with Crippen molar-refractivity contribution in [2.45, 2.75) is 13.5 Å². The van der Waals surface area contributed by atoms with Gasteiger partial charge < -0.3 is 5.53 Å². The molecule has 0 unspecified atom stereocenters. The van der Waals surface area contributed by atoms with Gasteiger partial charge in [-0.3, -0.25) is 24.6 Å². The Labute approximate surface area is 143 Å². The lowest BCUT2D eigenvalue weighted by Gasteiger charge is -2.20. The van der Waals surface area contributed by atoms with Crippen molar-refractivity contribution in [1.29, 1.82) is 0 Å². The summed E-state index contributed by atoms with van der Waals surface area (Å²) >= 11 is 0. The van der Waals surface area contributed by atoms with Crippen molar-refractivity contribution < 1.29 is 19.3 Å². The molecule has 0 aliphatic heterocycles. The van der Waals surface area contributed by atoms with E-state index in [2.05, 4.69) is 4.79 Å². The van der Waals surface area contributed by atoms with Crippen molar-refractivity contribution in [3.8, 4) is 0 Å². The molecule has 126 valence electrons. The standard InChI is InChI=1S/C17H14N4O4/c1-12(22)16(19-18)17(23)20(11-13-6-3-2-4-7-13)14-8-5-9-15(10-14)21(24)25/h2-10H,11H2,1H3. The van der Waals surface area contributed by atoms with E-state index < -0.39 is 22.3 Å². The normalized spacial score (nSPS) is 9.80. The second-order valence-corrected chi connectivity index (χ2v) is 5.16. The van der Waals surface area contributed by atoms with Gasteiger partial charge in [-0.15, -0.1) is 0 Å². The van der Waals surface area contributed by atoms with Gasteiger partial charge in [-0.1, -0.05) is 36.4 Å². The average Bonchev–Trinajstić information content (AvgIpc) is 2.60. The first-order valence-corrected chi connectivity index (χ1v) is 7.27. The first kappa shape index (κ1) is 17.7. The Morgan fingerprint density at radius 1 is 1.16 bits per heavy atom. The molecule has 0 aromatic heterocycles. The van der Waals surface area contributed by atoms with E-state index in [0.717, 1.165) is 17.4 Å². The number of nitrogens with zero attached hydrogens (tertiary/aromatic N) is 4. The number of Topliss-reactive ketones (excluding diaryl/α,β-unsaturated/α-hetero) is 1. The number of hydrogen-bond donors (Lipinski definition) is 0. The molecule has 0 atom stereocenters. The fourth-order valence-corrected chi connectivity index (χ4v) is 2.21. The maximum atomic E-state index is 12.6. The molecule has 2 rings (SSSR count). The summed E-state index contributed by atoms with van der Waals surface area (Å²) in [6.07, 6.45) is 0. The summed E-state index contributed by atoms with van der Waals surface area (Å²) in [7, 11) is 0. The van der Waals surface area contributed by atoms with Gasteiger partial charge in [0.05, 0.1) is 17.2 Å². The van der Waals surface area contributed by atoms with Crippen LogP contribution >= 0.6 is 0 Å². The second kappa shape index (κ2) is 7.76. The van der Waals surface area contributed by atoms with E-state index in [1.54, 1.807) is 30.3 Å². The topological polar surface area (TPSA) is 117 Å². The van der Waals surface area contributed by atoms with Crippen LogP contribution in [0.2, 0.25) is 0 Å². The van der Waals surface area contributed by atoms with Crippen LogP contribution in [0.3, 0.4) is 0 Å². The molecule has 2 aromatic rings. The zero-order chi connectivity index (χ0) is 18.4. The number of anilines is 1. The molecule has 0 aliphatic carbocycles. The smallest absolute Gasteiger partial charge is 0.360 e. The third kappa shape index (κ3) is 4.21. The summed E-state index contributed by atoms with van der Waals surface area (Å²) in [4.78, 5) is 38.5. The van der Waals surface area contributed by atoms with Crippen LogP contribution in [0, 0.1) is 10.1 Å². The number of rotatable bonds is 6.